The Morgan fingerprint density at radius 1 is 1.62 bits per heavy atom. The van der Waals surface area contributed by atoms with Crippen LogP contribution in [0.15, 0.2) is 22.7 Å². The van der Waals surface area contributed by atoms with E-state index >= 15 is 0 Å². The van der Waals surface area contributed by atoms with Gasteiger partial charge in [-0.05, 0) is 19.1 Å². The third-order valence-electron chi connectivity index (χ3n) is 1.77. The molecule has 6 nitrogen and oxygen atoms in total. The Bertz CT molecular complexity index is 434. The molecule has 1 aromatic rings. The van der Waals surface area contributed by atoms with E-state index in [1.807, 2.05) is 0 Å². The van der Waals surface area contributed by atoms with Crippen molar-refractivity contribution >= 4 is 27.6 Å². The predicted octanol–water partition coefficient (Wildman–Crippen LogP) is 2.21. The third-order valence-corrected chi connectivity index (χ3v) is 2.26. The van der Waals surface area contributed by atoms with Crippen molar-refractivity contribution in [1.29, 1.82) is 0 Å². The highest BCUT2D eigenvalue weighted by atomic mass is 79.9. The molecule has 86 valence electrons. The number of halogens is 1. The molecule has 0 spiro atoms. The van der Waals surface area contributed by atoms with Crippen LogP contribution in [0.3, 0.4) is 0 Å². The van der Waals surface area contributed by atoms with Crippen molar-refractivity contribution in [3.8, 4) is 5.75 Å². The number of aliphatic carboxylic acids is 1. The van der Waals surface area contributed by atoms with Crippen molar-refractivity contribution in [2.24, 2.45) is 0 Å². The van der Waals surface area contributed by atoms with Gasteiger partial charge in [0, 0.05) is 10.5 Å². The fourth-order valence-electron chi connectivity index (χ4n) is 0.974. The van der Waals surface area contributed by atoms with Crippen molar-refractivity contribution in [1.82, 2.24) is 0 Å². The first kappa shape index (κ1) is 12.4. The fourth-order valence-corrected chi connectivity index (χ4v) is 1.32. The van der Waals surface area contributed by atoms with E-state index in [-0.39, 0.29) is 11.4 Å². The van der Waals surface area contributed by atoms with Crippen LogP contribution in [0.5, 0.6) is 5.75 Å². The van der Waals surface area contributed by atoms with Gasteiger partial charge in [-0.1, -0.05) is 15.9 Å². The number of rotatable bonds is 4. The van der Waals surface area contributed by atoms with Crippen LogP contribution in [-0.4, -0.2) is 22.1 Å². The summed E-state index contributed by atoms with van der Waals surface area (Å²) in [6, 6.07) is 4.14. The third kappa shape index (κ3) is 2.93. The maximum atomic E-state index is 10.7. The molecule has 0 heterocycles. The number of nitrogens with zero attached hydrogens (tertiary/aromatic N) is 1. The summed E-state index contributed by atoms with van der Waals surface area (Å²) in [5.41, 5.74) is -0.275. The Hall–Kier alpha value is -1.63. The van der Waals surface area contributed by atoms with Crippen LogP contribution in [0.4, 0.5) is 5.69 Å². The first-order valence-corrected chi connectivity index (χ1v) is 5.04. The summed E-state index contributed by atoms with van der Waals surface area (Å²) in [4.78, 5) is 20.6. The molecular formula is C9H8BrNO5. The topological polar surface area (TPSA) is 89.7 Å². The molecule has 16 heavy (non-hydrogen) atoms. The molecule has 0 saturated heterocycles. The van der Waals surface area contributed by atoms with Crippen LogP contribution < -0.4 is 4.74 Å². The monoisotopic (exact) mass is 289 g/mol. The zero-order valence-electron chi connectivity index (χ0n) is 8.21. The van der Waals surface area contributed by atoms with Crippen LogP contribution in [0.1, 0.15) is 6.92 Å². The van der Waals surface area contributed by atoms with Gasteiger partial charge in [0.2, 0.25) is 0 Å². The van der Waals surface area contributed by atoms with E-state index in [4.69, 9.17) is 9.84 Å². The van der Waals surface area contributed by atoms with Gasteiger partial charge >= 0.3 is 11.7 Å². The second-order valence-electron chi connectivity index (χ2n) is 2.97. The van der Waals surface area contributed by atoms with E-state index < -0.39 is 17.0 Å². The Morgan fingerprint density at radius 3 is 2.75 bits per heavy atom. The van der Waals surface area contributed by atoms with Crippen molar-refractivity contribution in [2.75, 3.05) is 0 Å². The van der Waals surface area contributed by atoms with Crippen molar-refractivity contribution < 1.29 is 19.6 Å². The summed E-state index contributed by atoms with van der Waals surface area (Å²) in [6.45, 7) is 1.30. The van der Waals surface area contributed by atoms with E-state index in [1.54, 1.807) is 0 Å². The van der Waals surface area contributed by atoms with Crippen LogP contribution in [0.2, 0.25) is 0 Å². The number of carbonyl (C=O) groups is 1. The van der Waals surface area contributed by atoms with E-state index in [1.165, 1.54) is 25.1 Å². The van der Waals surface area contributed by atoms with Crippen molar-refractivity contribution in [3.63, 3.8) is 0 Å². The molecular weight excluding hydrogens is 282 g/mol. The number of hydrogen-bond acceptors (Lipinski definition) is 4. The van der Waals surface area contributed by atoms with Gasteiger partial charge in [0.05, 0.1) is 4.92 Å². The number of nitro groups is 1. The van der Waals surface area contributed by atoms with Crippen molar-refractivity contribution in [3.05, 3.63) is 32.8 Å². The van der Waals surface area contributed by atoms with Gasteiger partial charge in [-0.15, -0.1) is 0 Å². The van der Waals surface area contributed by atoms with Gasteiger partial charge in [-0.3, -0.25) is 10.1 Å². The highest BCUT2D eigenvalue weighted by molar-refractivity contribution is 9.10. The normalized spacial score (nSPS) is 11.9. The number of nitro benzene ring substituents is 1. The molecule has 1 atom stereocenters. The highest BCUT2D eigenvalue weighted by Gasteiger charge is 2.20. The largest absolute Gasteiger partial charge is 0.479 e. The molecule has 7 heteroatoms. The first-order valence-electron chi connectivity index (χ1n) is 4.25. The lowest BCUT2D eigenvalue weighted by Gasteiger charge is -2.10. The first-order chi connectivity index (χ1) is 7.41. The molecule has 0 bridgehead atoms. The maximum Gasteiger partial charge on any atom is 0.344 e. The molecule has 1 aromatic carbocycles. The highest BCUT2D eigenvalue weighted by Crippen LogP contribution is 2.30. The summed E-state index contributed by atoms with van der Waals surface area (Å²) in [6.07, 6.45) is -1.14. The molecule has 0 aliphatic rings. The number of ether oxygens (including phenoxy) is 1. The molecule has 1 N–H and O–H groups in total. The lowest BCUT2D eigenvalue weighted by Crippen LogP contribution is -2.23. The van der Waals surface area contributed by atoms with Crippen LogP contribution >= 0.6 is 15.9 Å². The molecule has 0 unspecified atom stereocenters. The summed E-state index contributed by atoms with van der Waals surface area (Å²) < 4.78 is 5.48. The summed E-state index contributed by atoms with van der Waals surface area (Å²) in [7, 11) is 0. The number of carboxylic acid groups (broad SMARTS) is 1. The van der Waals surface area contributed by atoms with Crippen LogP contribution in [0, 0.1) is 10.1 Å². The Morgan fingerprint density at radius 2 is 2.25 bits per heavy atom. The molecule has 0 aromatic heterocycles. The molecule has 1 rings (SSSR count). The van der Waals surface area contributed by atoms with Gasteiger partial charge in [0.1, 0.15) is 0 Å². The Balaban J connectivity index is 3.04. The van der Waals surface area contributed by atoms with Gasteiger partial charge in [-0.25, -0.2) is 4.79 Å². The molecule has 0 fully saturated rings. The van der Waals surface area contributed by atoms with Crippen LogP contribution in [0.25, 0.3) is 0 Å². The van der Waals surface area contributed by atoms with E-state index in [2.05, 4.69) is 15.9 Å². The summed E-state index contributed by atoms with van der Waals surface area (Å²) in [5, 5.41) is 19.3. The smallest absolute Gasteiger partial charge is 0.344 e. The average Bonchev–Trinajstić information content (AvgIpc) is 2.20. The van der Waals surface area contributed by atoms with E-state index in [0.717, 1.165) is 0 Å². The minimum atomic E-state index is -1.18. The van der Waals surface area contributed by atoms with Gasteiger partial charge in [0.25, 0.3) is 0 Å². The molecule has 0 amide bonds. The quantitative estimate of drug-likeness (QED) is 0.678. The number of carboxylic acids is 1. The lowest BCUT2D eigenvalue weighted by molar-refractivity contribution is -0.386. The zero-order chi connectivity index (χ0) is 12.3. The van der Waals surface area contributed by atoms with Crippen molar-refractivity contribution in [2.45, 2.75) is 13.0 Å². The second kappa shape index (κ2) is 4.93. The lowest BCUT2D eigenvalue weighted by atomic mass is 10.3. The SMILES string of the molecule is C[C@H](Oc1ccc(Br)cc1[N+](=O)[O-])C(=O)O. The second-order valence-corrected chi connectivity index (χ2v) is 3.88. The Labute approximate surface area is 99.1 Å². The minimum absolute atomic E-state index is 0.0666. The summed E-state index contributed by atoms with van der Waals surface area (Å²) in [5.74, 6) is -1.25. The maximum absolute atomic E-state index is 10.7. The fraction of sp³-hybridized carbons (Fsp3) is 0.222. The number of benzene rings is 1. The van der Waals surface area contributed by atoms with E-state index in [9.17, 15) is 14.9 Å². The van der Waals surface area contributed by atoms with Crippen LogP contribution in [-0.2, 0) is 4.79 Å². The zero-order valence-corrected chi connectivity index (χ0v) is 9.80. The molecule has 0 aliphatic carbocycles. The van der Waals surface area contributed by atoms with Gasteiger partial charge in [0.15, 0.2) is 11.9 Å². The minimum Gasteiger partial charge on any atom is -0.479 e. The van der Waals surface area contributed by atoms with E-state index in [0.29, 0.717) is 4.47 Å². The number of hydrogen-bond donors (Lipinski definition) is 1. The molecule has 0 saturated carbocycles. The molecule has 0 aliphatic heterocycles. The predicted molar refractivity (Wildman–Crippen MR) is 58.5 cm³/mol. The van der Waals surface area contributed by atoms with Gasteiger partial charge in [-0.2, -0.15) is 0 Å². The average molecular weight is 290 g/mol. The molecule has 0 radical (unpaired) electrons. The Kier molecular flexibility index (Phi) is 3.83. The standard InChI is InChI=1S/C9H8BrNO5/c1-5(9(12)13)16-8-3-2-6(10)4-7(8)11(14)15/h2-5H,1H3,(H,12,13)/t5-/m0/s1. The summed E-state index contributed by atoms with van der Waals surface area (Å²) >= 11 is 3.08. The van der Waals surface area contributed by atoms with Gasteiger partial charge < -0.3 is 9.84 Å².